The van der Waals surface area contributed by atoms with Gasteiger partial charge in [-0.3, -0.25) is 9.59 Å². The summed E-state index contributed by atoms with van der Waals surface area (Å²) < 4.78 is 5.47. The number of aliphatic hydroxyl groups is 2. The van der Waals surface area contributed by atoms with Crippen molar-refractivity contribution in [3.8, 4) is 0 Å². The van der Waals surface area contributed by atoms with Gasteiger partial charge >= 0.3 is 5.97 Å². The minimum atomic E-state index is -0.669. The van der Waals surface area contributed by atoms with Crippen LogP contribution in [0.15, 0.2) is 48.6 Å². The van der Waals surface area contributed by atoms with E-state index in [1.54, 1.807) is 0 Å². The zero-order valence-electron chi connectivity index (χ0n) is 54.5. The van der Waals surface area contributed by atoms with Gasteiger partial charge in [-0.1, -0.05) is 345 Å². The second-order valence-corrected chi connectivity index (χ2v) is 24.9. The first-order chi connectivity index (χ1) is 40.0. The molecule has 2 unspecified atom stereocenters. The standard InChI is InChI=1S/C75H141NO5/c1-3-5-7-9-11-13-15-17-18-19-20-21-22-28-31-34-37-40-44-47-51-55-59-63-67-73(78)72(71-77)76-74(79)68-64-60-56-52-48-45-41-38-35-32-29-26-24-23-25-27-30-33-36-39-42-46-50-54-58-62-66-70-81-75(80)69-65-61-57-53-49-43-16-14-12-10-8-6-4-2/h8,10,14,16,23-24,27,30,72-73,77-78H,3-7,9,11-13,15,17-22,25-26,28-29,31-71H2,1-2H3,(H,76,79)/b10-8-,16-14-,24-23-,30-27-. The molecule has 0 aliphatic heterocycles. The van der Waals surface area contributed by atoms with E-state index in [0.29, 0.717) is 25.9 Å². The van der Waals surface area contributed by atoms with Crippen LogP contribution in [0.4, 0.5) is 0 Å². The van der Waals surface area contributed by atoms with E-state index < -0.39 is 12.1 Å². The van der Waals surface area contributed by atoms with Crippen molar-refractivity contribution in [1.82, 2.24) is 5.32 Å². The van der Waals surface area contributed by atoms with Gasteiger partial charge < -0.3 is 20.3 Å². The number of rotatable bonds is 68. The molecule has 6 nitrogen and oxygen atoms in total. The third kappa shape index (κ3) is 66.8. The Morgan fingerprint density at radius 1 is 0.346 bits per heavy atom. The zero-order chi connectivity index (χ0) is 58.5. The van der Waals surface area contributed by atoms with Crippen molar-refractivity contribution in [3.63, 3.8) is 0 Å². The summed E-state index contributed by atoms with van der Waals surface area (Å²) in [5, 5.41) is 23.5. The maximum absolute atomic E-state index is 12.6. The zero-order valence-corrected chi connectivity index (χ0v) is 54.5. The van der Waals surface area contributed by atoms with Crippen molar-refractivity contribution < 1.29 is 24.5 Å². The fourth-order valence-electron chi connectivity index (χ4n) is 11.3. The van der Waals surface area contributed by atoms with E-state index >= 15 is 0 Å². The molecule has 0 aromatic rings. The third-order valence-electron chi connectivity index (χ3n) is 16.8. The molecule has 0 aliphatic rings. The SMILES string of the molecule is CCC/C=C\C/C=C\CCCCCCCC(=O)OCCCCCCCCCCC/C=C\C/C=C\CCCCCCCCCCCCCC(=O)NC(CO)C(O)CCCCCCCCCCCCCCCCCCCCCCCCCC. The molecule has 0 saturated heterocycles. The molecule has 0 fully saturated rings. The number of unbranched alkanes of at least 4 members (excludes halogenated alkanes) is 49. The van der Waals surface area contributed by atoms with Crippen LogP contribution in [-0.2, 0) is 14.3 Å². The molecule has 0 aromatic heterocycles. The van der Waals surface area contributed by atoms with Gasteiger partial charge in [-0.25, -0.2) is 0 Å². The highest BCUT2D eigenvalue weighted by atomic mass is 16.5. The molecule has 0 saturated carbocycles. The molecule has 6 heteroatoms. The van der Waals surface area contributed by atoms with E-state index in [0.717, 1.165) is 57.8 Å². The van der Waals surface area contributed by atoms with Crippen LogP contribution in [0.2, 0.25) is 0 Å². The molecular weight excluding hydrogens is 995 g/mol. The van der Waals surface area contributed by atoms with Crippen LogP contribution in [0.3, 0.4) is 0 Å². The van der Waals surface area contributed by atoms with Crippen molar-refractivity contribution >= 4 is 11.9 Å². The lowest BCUT2D eigenvalue weighted by molar-refractivity contribution is -0.143. The van der Waals surface area contributed by atoms with Gasteiger partial charge in [0.1, 0.15) is 0 Å². The van der Waals surface area contributed by atoms with Crippen molar-refractivity contribution in [3.05, 3.63) is 48.6 Å². The maximum Gasteiger partial charge on any atom is 0.305 e. The van der Waals surface area contributed by atoms with Gasteiger partial charge in [0.05, 0.1) is 25.4 Å². The van der Waals surface area contributed by atoms with Crippen LogP contribution < -0.4 is 5.32 Å². The Labute approximate surface area is 506 Å². The van der Waals surface area contributed by atoms with Crippen molar-refractivity contribution in [1.29, 1.82) is 0 Å². The van der Waals surface area contributed by atoms with E-state index in [4.69, 9.17) is 4.74 Å². The highest BCUT2D eigenvalue weighted by Crippen LogP contribution is 2.19. The minimum Gasteiger partial charge on any atom is -0.466 e. The van der Waals surface area contributed by atoms with Crippen molar-refractivity contribution in [2.24, 2.45) is 0 Å². The summed E-state index contributed by atoms with van der Waals surface area (Å²) in [5.74, 6) is -0.0386. The Kier molecular flexibility index (Phi) is 68.4. The van der Waals surface area contributed by atoms with E-state index in [1.807, 2.05) is 0 Å². The van der Waals surface area contributed by atoms with E-state index in [-0.39, 0.29) is 18.5 Å². The van der Waals surface area contributed by atoms with Crippen molar-refractivity contribution in [2.75, 3.05) is 13.2 Å². The number of carbonyl (C=O) groups is 2. The monoisotopic (exact) mass is 1140 g/mol. The summed E-state index contributed by atoms with van der Waals surface area (Å²) in [6, 6.07) is -0.546. The molecular formula is C75H141NO5. The quantitative estimate of drug-likeness (QED) is 0.0320. The number of aliphatic hydroxyl groups excluding tert-OH is 2. The second kappa shape index (κ2) is 70.3. The normalized spacial score (nSPS) is 12.8. The Morgan fingerprint density at radius 2 is 0.642 bits per heavy atom. The number of amides is 1. The predicted molar refractivity (Wildman–Crippen MR) is 356 cm³/mol. The van der Waals surface area contributed by atoms with Crippen LogP contribution in [-0.4, -0.2) is 47.4 Å². The molecule has 0 radical (unpaired) electrons. The first kappa shape index (κ1) is 78.8. The van der Waals surface area contributed by atoms with Gasteiger partial charge in [-0.05, 0) is 83.5 Å². The molecule has 0 aliphatic carbocycles. The smallest absolute Gasteiger partial charge is 0.305 e. The molecule has 0 spiro atoms. The topological polar surface area (TPSA) is 95.9 Å². The van der Waals surface area contributed by atoms with E-state index in [1.165, 1.54) is 302 Å². The van der Waals surface area contributed by atoms with Gasteiger partial charge in [0, 0.05) is 12.8 Å². The summed E-state index contributed by atoms with van der Waals surface area (Å²) in [4.78, 5) is 24.6. The molecule has 1 amide bonds. The average Bonchev–Trinajstić information content (AvgIpc) is 3.47. The van der Waals surface area contributed by atoms with Crippen LogP contribution in [0.5, 0.6) is 0 Å². The molecule has 2 atom stereocenters. The molecule has 81 heavy (non-hydrogen) atoms. The summed E-state index contributed by atoms with van der Waals surface area (Å²) >= 11 is 0. The molecule has 476 valence electrons. The summed E-state index contributed by atoms with van der Waals surface area (Å²) in [6.45, 7) is 4.91. The summed E-state index contributed by atoms with van der Waals surface area (Å²) in [7, 11) is 0. The van der Waals surface area contributed by atoms with Crippen LogP contribution in [0.25, 0.3) is 0 Å². The number of hydrogen-bond acceptors (Lipinski definition) is 5. The summed E-state index contributed by atoms with van der Waals surface area (Å²) in [5.41, 5.74) is 0. The minimum absolute atomic E-state index is 0.00448. The van der Waals surface area contributed by atoms with E-state index in [9.17, 15) is 19.8 Å². The third-order valence-corrected chi connectivity index (χ3v) is 16.8. The molecule has 0 heterocycles. The molecule has 3 N–H and O–H groups in total. The van der Waals surface area contributed by atoms with Crippen LogP contribution in [0.1, 0.15) is 393 Å². The van der Waals surface area contributed by atoms with E-state index in [2.05, 4.69) is 67.8 Å². The number of carbonyl (C=O) groups excluding carboxylic acids is 2. The van der Waals surface area contributed by atoms with Gasteiger partial charge in [0.25, 0.3) is 0 Å². The van der Waals surface area contributed by atoms with Gasteiger partial charge in [0.2, 0.25) is 5.91 Å². The predicted octanol–water partition coefficient (Wildman–Crippen LogP) is 23.6. The largest absolute Gasteiger partial charge is 0.466 e. The first-order valence-corrected chi connectivity index (χ1v) is 36.4. The van der Waals surface area contributed by atoms with Gasteiger partial charge in [-0.15, -0.1) is 0 Å². The fourth-order valence-corrected chi connectivity index (χ4v) is 11.3. The van der Waals surface area contributed by atoms with Crippen LogP contribution in [0, 0.1) is 0 Å². The Bertz CT molecular complexity index is 1360. The lowest BCUT2D eigenvalue weighted by Crippen LogP contribution is -2.45. The molecule has 0 rings (SSSR count). The lowest BCUT2D eigenvalue weighted by atomic mass is 10.0. The Morgan fingerprint density at radius 3 is 0.988 bits per heavy atom. The van der Waals surface area contributed by atoms with Crippen molar-refractivity contribution in [2.45, 2.75) is 405 Å². The van der Waals surface area contributed by atoms with Gasteiger partial charge in [-0.2, -0.15) is 0 Å². The first-order valence-electron chi connectivity index (χ1n) is 36.4. The average molecular weight is 1140 g/mol. The van der Waals surface area contributed by atoms with Gasteiger partial charge in [0.15, 0.2) is 0 Å². The number of nitrogens with one attached hydrogen (secondary N) is 1. The molecule has 0 aromatic carbocycles. The number of hydrogen-bond donors (Lipinski definition) is 3. The number of ether oxygens (including phenoxy) is 1. The lowest BCUT2D eigenvalue weighted by Gasteiger charge is -2.22. The highest BCUT2D eigenvalue weighted by molar-refractivity contribution is 5.76. The number of esters is 1. The van der Waals surface area contributed by atoms with Crippen LogP contribution >= 0.6 is 0 Å². The Balaban J connectivity index is 3.43. The number of allylic oxidation sites excluding steroid dienone is 8. The second-order valence-electron chi connectivity index (χ2n) is 24.9. The fraction of sp³-hybridized carbons (Fsp3) is 0.867. The molecule has 0 bridgehead atoms. The highest BCUT2D eigenvalue weighted by Gasteiger charge is 2.20. The summed E-state index contributed by atoms with van der Waals surface area (Å²) in [6.07, 6.45) is 91.7. The Hall–Kier alpha value is -2.18. The maximum atomic E-state index is 12.6.